The van der Waals surface area contributed by atoms with E-state index >= 15 is 0 Å². The molecule has 0 bridgehead atoms. The summed E-state index contributed by atoms with van der Waals surface area (Å²) in [5.41, 5.74) is 2.85. The number of fused-ring (bicyclic) bond motifs is 1. The van der Waals surface area contributed by atoms with E-state index in [0.717, 1.165) is 56.8 Å². The molecule has 27 heavy (non-hydrogen) atoms. The van der Waals surface area contributed by atoms with Gasteiger partial charge in [-0.15, -0.1) is 0 Å². The van der Waals surface area contributed by atoms with Crippen molar-refractivity contribution in [2.24, 2.45) is 0 Å². The van der Waals surface area contributed by atoms with Crippen molar-refractivity contribution in [3.05, 3.63) is 23.8 Å². The summed E-state index contributed by atoms with van der Waals surface area (Å²) in [7, 11) is 0. The predicted molar refractivity (Wildman–Crippen MR) is 100 cm³/mol. The third-order valence-electron chi connectivity index (χ3n) is 5.60. The van der Waals surface area contributed by atoms with Gasteiger partial charge in [0.2, 0.25) is 0 Å². The molecule has 2 aliphatic rings. The van der Waals surface area contributed by atoms with E-state index in [9.17, 15) is 4.79 Å². The standard InChI is InChI=1S/C19H27N5O3/c1-2-26-19(25)24-11-9-23(10-12-24)16-6-4-8-22(14-16)13-15-5-3-7-17-18(15)21-27-20-17/h3,5,7,16H,2,4,6,8-14H2,1H3. The van der Waals surface area contributed by atoms with Gasteiger partial charge in [-0.05, 0) is 48.3 Å². The van der Waals surface area contributed by atoms with Gasteiger partial charge < -0.3 is 9.64 Å². The molecule has 2 aromatic rings. The first kappa shape index (κ1) is 18.2. The van der Waals surface area contributed by atoms with Gasteiger partial charge in [0.25, 0.3) is 0 Å². The molecular weight excluding hydrogens is 346 g/mol. The van der Waals surface area contributed by atoms with E-state index in [0.29, 0.717) is 12.6 Å². The third kappa shape index (κ3) is 4.06. The fourth-order valence-electron chi connectivity index (χ4n) is 4.19. The minimum atomic E-state index is -0.184. The van der Waals surface area contributed by atoms with Crippen LogP contribution in [0.15, 0.2) is 22.8 Å². The Hall–Kier alpha value is -2.19. The van der Waals surface area contributed by atoms with Crippen molar-refractivity contribution in [3.63, 3.8) is 0 Å². The zero-order valence-corrected chi connectivity index (χ0v) is 15.8. The minimum Gasteiger partial charge on any atom is -0.450 e. The molecule has 1 aromatic heterocycles. The Kier molecular flexibility index (Phi) is 5.54. The highest BCUT2D eigenvalue weighted by Crippen LogP contribution is 2.22. The molecule has 0 spiro atoms. The SMILES string of the molecule is CCOC(=O)N1CCN(C2CCCN(Cc3cccc4nonc34)C2)CC1. The maximum absolute atomic E-state index is 11.9. The van der Waals surface area contributed by atoms with Gasteiger partial charge in [0, 0.05) is 45.3 Å². The fourth-order valence-corrected chi connectivity index (χ4v) is 4.19. The number of hydrogen-bond acceptors (Lipinski definition) is 7. The molecule has 2 aliphatic heterocycles. The summed E-state index contributed by atoms with van der Waals surface area (Å²) >= 11 is 0. The molecule has 1 unspecified atom stereocenters. The number of piperazine rings is 1. The van der Waals surface area contributed by atoms with Gasteiger partial charge in [-0.3, -0.25) is 9.80 Å². The largest absolute Gasteiger partial charge is 0.450 e. The second-order valence-electron chi connectivity index (χ2n) is 7.30. The highest BCUT2D eigenvalue weighted by atomic mass is 16.6. The third-order valence-corrected chi connectivity index (χ3v) is 5.60. The van der Waals surface area contributed by atoms with Crippen LogP contribution in [-0.4, -0.2) is 83.0 Å². The van der Waals surface area contributed by atoms with Gasteiger partial charge in [0.05, 0.1) is 6.61 Å². The Morgan fingerprint density at radius 3 is 2.89 bits per heavy atom. The first-order valence-corrected chi connectivity index (χ1v) is 9.83. The van der Waals surface area contributed by atoms with Crippen LogP contribution >= 0.6 is 0 Å². The number of carbonyl (C=O) groups excluding carboxylic acids is 1. The lowest BCUT2D eigenvalue weighted by Gasteiger charge is -2.43. The van der Waals surface area contributed by atoms with Gasteiger partial charge in [0.15, 0.2) is 0 Å². The number of rotatable bonds is 4. The van der Waals surface area contributed by atoms with E-state index in [1.54, 1.807) is 0 Å². The van der Waals surface area contributed by atoms with Crippen molar-refractivity contribution in [1.29, 1.82) is 0 Å². The monoisotopic (exact) mass is 373 g/mol. The summed E-state index contributed by atoms with van der Waals surface area (Å²) in [6.45, 7) is 8.62. The number of nitrogens with zero attached hydrogens (tertiary/aromatic N) is 5. The number of benzene rings is 1. The first-order chi connectivity index (χ1) is 13.2. The summed E-state index contributed by atoms with van der Waals surface area (Å²) < 4.78 is 10.0. The molecule has 146 valence electrons. The van der Waals surface area contributed by atoms with E-state index in [-0.39, 0.29) is 6.09 Å². The number of carbonyl (C=O) groups is 1. The molecule has 1 amide bonds. The lowest BCUT2D eigenvalue weighted by Crippen LogP contribution is -2.55. The zero-order valence-electron chi connectivity index (χ0n) is 15.8. The highest BCUT2D eigenvalue weighted by Gasteiger charge is 2.30. The molecule has 0 saturated carbocycles. The smallest absolute Gasteiger partial charge is 0.409 e. The molecule has 4 rings (SSSR count). The molecule has 8 nitrogen and oxygen atoms in total. The molecule has 0 radical (unpaired) electrons. The fraction of sp³-hybridized carbons (Fsp3) is 0.632. The Bertz CT molecular complexity index is 772. The Balaban J connectivity index is 1.34. The molecule has 0 aliphatic carbocycles. The van der Waals surface area contributed by atoms with Crippen molar-refractivity contribution in [1.82, 2.24) is 25.0 Å². The Morgan fingerprint density at radius 2 is 2.07 bits per heavy atom. The molecular formula is C19H27N5O3. The van der Waals surface area contributed by atoms with Crippen molar-refractivity contribution < 1.29 is 14.2 Å². The van der Waals surface area contributed by atoms with Crippen molar-refractivity contribution in [2.45, 2.75) is 32.4 Å². The van der Waals surface area contributed by atoms with Crippen molar-refractivity contribution in [3.8, 4) is 0 Å². The predicted octanol–water partition coefficient (Wildman–Crippen LogP) is 1.96. The molecule has 1 aromatic carbocycles. The lowest BCUT2D eigenvalue weighted by atomic mass is 10.0. The van der Waals surface area contributed by atoms with Crippen molar-refractivity contribution >= 4 is 17.1 Å². The summed E-state index contributed by atoms with van der Waals surface area (Å²) in [4.78, 5) is 18.7. The van der Waals surface area contributed by atoms with Crippen LogP contribution in [0.5, 0.6) is 0 Å². The summed E-state index contributed by atoms with van der Waals surface area (Å²) in [6, 6.07) is 6.58. The molecule has 1 atom stereocenters. The van der Waals surface area contributed by atoms with E-state index in [4.69, 9.17) is 9.37 Å². The van der Waals surface area contributed by atoms with E-state index < -0.39 is 0 Å². The first-order valence-electron chi connectivity index (χ1n) is 9.83. The number of amides is 1. The molecule has 0 N–H and O–H groups in total. The van der Waals surface area contributed by atoms with Crippen LogP contribution in [-0.2, 0) is 11.3 Å². The quantitative estimate of drug-likeness (QED) is 0.811. The number of aromatic nitrogens is 2. The van der Waals surface area contributed by atoms with Crippen LogP contribution in [0.3, 0.4) is 0 Å². The topological polar surface area (TPSA) is 74.9 Å². The second-order valence-corrected chi connectivity index (χ2v) is 7.30. The Morgan fingerprint density at radius 1 is 1.22 bits per heavy atom. The zero-order chi connectivity index (χ0) is 18.6. The number of ether oxygens (including phenoxy) is 1. The van der Waals surface area contributed by atoms with Crippen LogP contribution in [0.4, 0.5) is 4.79 Å². The minimum absolute atomic E-state index is 0.184. The van der Waals surface area contributed by atoms with Crippen molar-refractivity contribution in [2.75, 3.05) is 45.9 Å². The summed E-state index contributed by atoms with van der Waals surface area (Å²) in [5.74, 6) is 0. The van der Waals surface area contributed by atoms with E-state index in [1.807, 2.05) is 24.0 Å². The van der Waals surface area contributed by atoms with Gasteiger partial charge in [-0.2, -0.15) is 0 Å². The maximum Gasteiger partial charge on any atom is 0.409 e. The molecule has 8 heteroatoms. The summed E-state index contributed by atoms with van der Waals surface area (Å²) in [6.07, 6.45) is 2.22. The van der Waals surface area contributed by atoms with Crippen LogP contribution in [0.2, 0.25) is 0 Å². The Labute approximate surface area is 159 Å². The van der Waals surface area contributed by atoms with Gasteiger partial charge in [0.1, 0.15) is 11.0 Å². The number of piperidine rings is 1. The lowest BCUT2D eigenvalue weighted by molar-refractivity contribution is 0.0413. The maximum atomic E-state index is 11.9. The van der Waals surface area contributed by atoms with E-state index in [1.165, 1.54) is 18.4 Å². The molecule has 2 fully saturated rings. The van der Waals surface area contributed by atoms with E-state index in [2.05, 4.69) is 26.2 Å². The average Bonchev–Trinajstić information content (AvgIpc) is 3.18. The number of hydrogen-bond donors (Lipinski definition) is 0. The molecule has 2 saturated heterocycles. The van der Waals surface area contributed by atoms with Gasteiger partial charge in [-0.1, -0.05) is 12.1 Å². The number of likely N-dealkylation sites (tertiary alicyclic amines) is 1. The van der Waals surface area contributed by atoms with Crippen LogP contribution in [0.1, 0.15) is 25.3 Å². The van der Waals surface area contributed by atoms with Gasteiger partial charge >= 0.3 is 6.09 Å². The van der Waals surface area contributed by atoms with Crippen LogP contribution in [0, 0.1) is 0 Å². The second kappa shape index (κ2) is 8.22. The summed E-state index contributed by atoms with van der Waals surface area (Å²) in [5, 5.41) is 8.00. The highest BCUT2D eigenvalue weighted by molar-refractivity contribution is 5.76. The van der Waals surface area contributed by atoms with Gasteiger partial charge in [-0.25, -0.2) is 9.42 Å². The molecule has 3 heterocycles. The average molecular weight is 373 g/mol. The van der Waals surface area contributed by atoms with Crippen LogP contribution < -0.4 is 0 Å². The van der Waals surface area contributed by atoms with Crippen LogP contribution in [0.25, 0.3) is 11.0 Å². The normalized spacial score (nSPS) is 22.3.